The van der Waals surface area contributed by atoms with Crippen LogP contribution in [0.25, 0.3) is 0 Å². The van der Waals surface area contributed by atoms with Gasteiger partial charge in [-0.1, -0.05) is 6.07 Å². The van der Waals surface area contributed by atoms with Crippen LogP contribution in [0.3, 0.4) is 0 Å². The summed E-state index contributed by atoms with van der Waals surface area (Å²) >= 11 is 1.71. The first-order valence-corrected chi connectivity index (χ1v) is 6.51. The molecule has 5 heteroatoms. The van der Waals surface area contributed by atoms with Crippen molar-refractivity contribution < 1.29 is 13.9 Å². The van der Waals surface area contributed by atoms with Crippen LogP contribution < -0.4 is 5.32 Å². The summed E-state index contributed by atoms with van der Waals surface area (Å²) < 4.78 is 9.91. The molecule has 2 heterocycles. The smallest absolute Gasteiger partial charge is 0.341 e. The largest absolute Gasteiger partial charge is 0.467 e. The van der Waals surface area contributed by atoms with E-state index in [0.717, 1.165) is 5.76 Å². The molecule has 18 heavy (non-hydrogen) atoms. The molecule has 0 amide bonds. The van der Waals surface area contributed by atoms with Gasteiger partial charge in [-0.25, -0.2) is 4.79 Å². The van der Waals surface area contributed by atoms with Gasteiger partial charge in [0.15, 0.2) is 0 Å². The average molecular weight is 265 g/mol. The Balaban J connectivity index is 1.90. The molecular formula is C13H15NO3S. The van der Waals surface area contributed by atoms with Crippen LogP contribution in [-0.2, 0) is 11.3 Å². The third-order valence-corrected chi connectivity index (χ3v) is 3.68. The molecule has 0 fully saturated rings. The van der Waals surface area contributed by atoms with Gasteiger partial charge >= 0.3 is 5.97 Å². The fraction of sp³-hybridized carbons (Fsp3) is 0.308. The number of hydrogen-bond acceptors (Lipinski definition) is 5. The van der Waals surface area contributed by atoms with Crippen LogP contribution in [0.4, 0.5) is 0 Å². The third kappa shape index (κ3) is 3.00. The number of ether oxygens (including phenoxy) is 1. The summed E-state index contributed by atoms with van der Waals surface area (Å²) in [7, 11) is 1.35. The normalized spacial score (nSPS) is 12.3. The van der Waals surface area contributed by atoms with E-state index in [-0.39, 0.29) is 12.0 Å². The molecule has 96 valence electrons. The molecule has 2 aromatic heterocycles. The molecule has 1 atom stereocenters. The van der Waals surface area contributed by atoms with Gasteiger partial charge in [-0.2, -0.15) is 0 Å². The van der Waals surface area contributed by atoms with Gasteiger partial charge in [0, 0.05) is 10.9 Å². The van der Waals surface area contributed by atoms with Crippen LogP contribution in [0.2, 0.25) is 0 Å². The first-order chi connectivity index (χ1) is 8.70. The number of furan rings is 1. The van der Waals surface area contributed by atoms with Gasteiger partial charge in [-0.3, -0.25) is 0 Å². The minimum Gasteiger partial charge on any atom is -0.467 e. The van der Waals surface area contributed by atoms with Crippen LogP contribution in [0.1, 0.15) is 34.0 Å². The van der Waals surface area contributed by atoms with E-state index >= 15 is 0 Å². The third-order valence-electron chi connectivity index (χ3n) is 2.63. The fourth-order valence-electron chi connectivity index (χ4n) is 1.59. The van der Waals surface area contributed by atoms with Gasteiger partial charge in [0.25, 0.3) is 0 Å². The molecule has 0 aliphatic rings. The number of carbonyl (C=O) groups excluding carboxylic acids is 1. The summed E-state index contributed by atoms with van der Waals surface area (Å²) in [6.07, 6.45) is 1.42. The van der Waals surface area contributed by atoms with E-state index in [9.17, 15) is 4.79 Å². The maximum atomic E-state index is 11.3. The number of carbonyl (C=O) groups is 1. The van der Waals surface area contributed by atoms with Crippen molar-refractivity contribution >= 4 is 17.3 Å². The van der Waals surface area contributed by atoms with Crippen molar-refractivity contribution in [3.8, 4) is 0 Å². The van der Waals surface area contributed by atoms with Crippen LogP contribution >= 0.6 is 11.3 Å². The zero-order valence-electron chi connectivity index (χ0n) is 10.3. The predicted octanol–water partition coefficient (Wildman–Crippen LogP) is 2.98. The van der Waals surface area contributed by atoms with Gasteiger partial charge in [0.05, 0.1) is 19.2 Å². The molecular weight excluding hydrogens is 250 g/mol. The molecule has 0 saturated carbocycles. The quantitative estimate of drug-likeness (QED) is 0.844. The highest BCUT2D eigenvalue weighted by Gasteiger charge is 2.11. The number of esters is 1. The van der Waals surface area contributed by atoms with Crippen molar-refractivity contribution in [2.45, 2.75) is 19.5 Å². The SMILES string of the molecule is COC(=O)c1coc(CN[C@H](C)c2cccs2)c1. The van der Waals surface area contributed by atoms with Crippen molar-refractivity contribution in [2.24, 2.45) is 0 Å². The molecule has 0 aliphatic heterocycles. The standard InChI is InChI=1S/C13H15NO3S/c1-9(12-4-3-5-18-12)14-7-11-6-10(8-17-11)13(15)16-2/h3-6,8-9,14H,7H2,1-2H3/t9-/m1/s1. The van der Waals surface area contributed by atoms with Gasteiger partial charge < -0.3 is 14.5 Å². The lowest BCUT2D eigenvalue weighted by Gasteiger charge is -2.10. The molecule has 2 aromatic rings. The number of nitrogens with one attached hydrogen (secondary N) is 1. The van der Waals surface area contributed by atoms with Crippen molar-refractivity contribution in [3.63, 3.8) is 0 Å². The van der Waals surface area contributed by atoms with E-state index in [0.29, 0.717) is 12.1 Å². The van der Waals surface area contributed by atoms with Crippen molar-refractivity contribution in [1.82, 2.24) is 5.32 Å². The summed E-state index contributed by atoms with van der Waals surface area (Å²) in [4.78, 5) is 12.5. The van der Waals surface area contributed by atoms with E-state index in [1.165, 1.54) is 18.3 Å². The summed E-state index contributed by atoms with van der Waals surface area (Å²) in [5.74, 6) is 0.343. The van der Waals surface area contributed by atoms with E-state index < -0.39 is 0 Å². The fourth-order valence-corrected chi connectivity index (χ4v) is 2.35. The molecule has 4 nitrogen and oxygen atoms in total. The van der Waals surface area contributed by atoms with E-state index in [4.69, 9.17) is 4.42 Å². The maximum Gasteiger partial charge on any atom is 0.341 e. The van der Waals surface area contributed by atoms with Crippen LogP contribution in [0.15, 0.2) is 34.3 Å². The summed E-state index contributed by atoms with van der Waals surface area (Å²) in [5, 5.41) is 5.39. The maximum absolute atomic E-state index is 11.3. The Morgan fingerprint density at radius 3 is 3.11 bits per heavy atom. The van der Waals surface area contributed by atoms with E-state index in [2.05, 4.69) is 28.4 Å². The van der Waals surface area contributed by atoms with Gasteiger partial charge in [0.2, 0.25) is 0 Å². The lowest BCUT2D eigenvalue weighted by Crippen LogP contribution is -2.16. The van der Waals surface area contributed by atoms with Crippen LogP contribution in [0.5, 0.6) is 0 Å². The van der Waals surface area contributed by atoms with Gasteiger partial charge in [-0.05, 0) is 24.4 Å². The van der Waals surface area contributed by atoms with Gasteiger partial charge in [-0.15, -0.1) is 11.3 Å². The number of methoxy groups -OCH3 is 1. The highest BCUT2D eigenvalue weighted by Crippen LogP contribution is 2.19. The van der Waals surface area contributed by atoms with Gasteiger partial charge in [0.1, 0.15) is 12.0 Å². The molecule has 0 bridgehead atoms. The number of rotatable bonds is 5. The van der Waals surface area contributed by atoms with E-state index in [1.807, 2.05) is 6.07 Å². The lowest BCUT2D eigenvalue weighted by atomic mass is 10.2. The second kappa shape index (κ2) is 5.84. The lowest BCUT2D eigenvalue weighted by molar-refractivity contribution is 0.0600. The molecule has 0 unspecified atom stereocenters. The average Bonchev–Trinajstić information content (AvgIpc) is 3.05. The molecule has 0 radical (unpaired) electrons. The second-order valence-corrected chi connectivity index (χ2v) is 4.89. The Kier molecular flexibility index (Phi) is 4.17. The Bertz CT molecular complexity index is 504. The van der Waals surface area contributed by atoms with Crippen molar-refractivity contribution in [3.05, 3.63) is 46.0 Å². The molecule has 0 saturated heterocycles. The van der Waals surface area contributed by atoms with E-state index in [1.54, 1.807) is 17.4 Å². The molecule has 1 N–H and O–H groups in total. The number of hydrogen-bond donors (Lipinski definition) is 1. The van der Waals surface area contributed by atoms with Crippen molar-refractivity contribution in [2.75, 3.05) is 7.11 Å². The topological polar surface area (TPSA) is 51.5 Å². The Morgan fingerprint density at radius 2 is 2.44 bits per heavy atom. The summed E-state index contributed by atoms with van der Waals surface area (Å²) in [6, 6.07) is 6.07. The monoisotopic (exact) mass is 265 g/mol. The Morgan fingerprint density at radius 1 is 1.61 bits per heavy atom. The minimum atomic E-state index is -0.378. The molecule has 0 aromatic carbocycles. The summed E-state index contributed by atoms with van der Waals surface area (Å²) in [6.45, 7) is 2.67. The molecule has 0 aliphatic carbocycles. The van der Waals surface area contributed by atoms with Crippen molar-refractivity contribution in [1.29, 1.82) is 0 Å². The van der Waals surface area contributed by atoms with Crippen LogP contribution in [-0.4, -0.2) is 13.1 Å². The second-order valence-electron chi connectivity index (χ2n) is 3.91. The highest BCUT2D eigenvalue weighted by molar-refractivity contribution is 7.10. The zero-order chi connectivity index (χ0) is 13.0. The predicted molar refractivity (Wildman–Crippen MR) is 69.6 cm³/mol. The van der Waals surface area contributed by atoms with Crippen LogP contribution in [0, 0.1) is 0 Å². The Hall–Kier alpha value is -1.59. The first-order valence-electron chi connectivity index (χ1n) is 5.63. The zero-order valence-corrected chi connectivity index (χ0v) is 11.1. The molecule has 2 rings (SSSR count). The highest BCUT2D eigenvalue weighted by atomic mass is 32.1. The summed E-state index contributed by atoms with van der Waals surface area (Å²) in [5.41, 5.74) is 0.443. The molecule has 0 spiro atoms. The number of thiophene rings is 1. The minimum absolute atomic E-state index is 0.261. The Labute approximate surface area is 110 Å². The first kappa shape index (κ1) is 12.9.